The minimum Gasteiger partial charge on any atom is -0.508 e. The highest BCUT2D eigenvalue weighted by molar-refractivity contribution is 7.99. The van der Waals surface area contributed by atoms with E-state index in [1.807, 2.05) is 36.3 Å². The fourth-order valence-corrected chi connectivity index (χ4v) is 5.47. The maximum absolute atomic E-state index is 10.2. The molecule has 4 nitrogen and oxygen atoms in total. The van der Waals surface area contributed by atoms with Gasteiger partial charge in [-0.2, -0.15) is 0 Å². The fraction of sp³-hybridized carbons (Fsp3) is 0.526. The van der Waals surface area contributed by atoms with Gasteiger partial charge in [0.2, 0.25) is 0 Å². The van der Waals surface area contributed by atoms with E-state index in [0.29, 0.717) is 23.6 Å². The number of benzene rings is 1. The highest BCUT2D eigenvalue weighted by Crippen LogP contribution is 2.40. The number of thioether (sulfide) groups is 1. The van der Waals surface area contributed by atoms with Gasteiger partial charge in [0.05, 0.1) is 0 Å². The van der Waals surface area contributed by atoms with Gasteiger partial charge in [0.15, 0.2) is 5.16 Å². The van der Waals surface area contributed by atoms with Crippen LogP contribution >= 0.6 is 11.8 Å². The minimum absolute atomic E-state index is 0.484. The van der Waals surface area contributed by atoms with Crippen LogP contribution in [0.25, 0.3) is 0 Å². The number of likely N-dealkylation sites (N-methyl/N-ethyl adjacent to an activating group) is 1. The maximum atomic E-state index is 10.2. The van der Waals surface area contributed by atoms with Crippen molar-refractivity contribution in [2.24, 2.45) is 18.9 Å². The minimum atomic E-state index is 0.484. The van der Waals surface area contributed by atoms with E-state index in [1.165, 1.54) is 17.5 Å². The number of phenolic OH excluding ortho intramolecular Hbond substituents is 1. The van der Waals surface area contributed by atoms with E-state index in [-0.39, 0.29) is 0 Å². The van der Waals surface area contributed by atoms with Crippen molar-refractivity contribution in [3.05, 3.63) is 41.7 Å². The molecule has 1 aromatic heterocycles. The van der Waals surface area contributed by atoms with Crippen molar-refractivity contribution in [2.75, 3.05) is 19.3 Å². The van der Waals surface area contributed by atoms with Crippen LogP contribution in [0.4, 0.5) is 0 Å². The van der Waals surface area contributed by atoms with Crippen molar-refractivity contribution >= 4 is 11.8 Å². The van der Waals surface area contributed by atoms with Gasteiger partial charge < -0.3 is 14.6 Å². The number of rotatable bonds is 3. The molecule has 24 heavy (non-hydrogen) atoms. The van der Waals surface area contributed by atoms with E-state index in [9.17, 15) is 5.11 Å². The van der Waals surface area contributed by atoms with Crippen LogP contribution in [0.1, 0.15) is 17.5 Å². The molecule has 0 saturated carbocycles. The Morgan fingerprint density at radius 2 is 2.17 bits per heavy atom. The van der Waals surface area contributed by atoms with Crippen molar-refractivity contribution < 1.29 is 5.11 Å². The molecule has 3 atom stereocenters. The number of aromatic nitrogens is 2. The Hall–Kier alpha value is -1.46. The Morgan fingerprint density at radius 1 is 1.29 bits per heavy atom. The number of hydrogen-bond acceptors (Lipinski definition) is 4. The number of hydrogen-bond donors (Lipinski definition) is 1. The average Bonchev–Trinajstić information content (AvgIpc) is 2.97. The van der Waals surface area contributed by atoms with Gasteiger partial charge in [-0.05, 0) is 55.3 Å². The number of fused-ring (bicyclic) bond motifs is 2. The molecule has 1 aliphatic carbocycles. The molecule has 0 unspecified atom stereocenters. The Balaban J connectivity index is 1.46. The SMILES string of the molecule is CN1C[C@H](CSc2nccn2C)C[C@@H]2Cc3c(O)cccc3C[C@H]21. The molecule has 0 spiro atoms. The second kappa shape index (κ2) is 6.45. The molecule has 0 radical (unpaired) electrons. The molecular weight excluding hydrogens is 318 g/mol. The van der Waals surface area contributed by atoms with Gasteiger partial charge in [-0.1, -0.05) is 23.9 Å². The lowest BCUT2D eigenvalue weighted by Gasteiger charge is -2.46. The van der Waals surface area contributed by atoms with Crippen LogP contribution in [0.2, 0.25) is 0 Å². The summed E-state index contributed by atoms with van der Waals surface area (Å²) in [6.07, 6.45) is 7.21. The lowest BCUT2D eigenvalue weighted by molar-refractivity contribution is 0.0792. The Kier molecular flexibility index (Phi) is 4.31. The summed E-state index contributed by atoms with van der Waals surface area (Å²) in [5.41, 5.74) is 2.52. The molecular formula is C19H25N3OS. The van der Waals surface area contributed by atoms with Crippen LogP contribution in [0.3, 0.4) is 0 Å². The first-order valence-corrected chi connectivity index (χ1v) is 9.70. The molecule has 1 aromatic carbocycles. The number of nitrogens with zero attached hydrogens (tertiary/aromatic N) is 3. The summed E-state index contributed by atoms with van der Waals surface area (Å²) >= 11 is 1.87. The van der Waals surface area contributed by atoms with Crippen LogP contribution in [0.15, 0.2) is 35.7 Å². The number of aromatic hydroxyl groups is 1. The van der Waals surface area contributed by atoms with E-state index >= 15 is 0 Å². The quantitative estimate of drug-likeness (QED) is 0.870. The van der Waals surface area contributed by atoms with Crippen molar-refractivity contribution in [1.82, 2.24) is 14.5 Å². The van der Waals surface area contributed by atoms with Crippen molar-refractivity contribution in [1.29, 1.82) is 0 Å². The smallest absolute Gasteiger partial charge is 0.167 e. The second-order valence-electron chi connectivity index (χ2n) is 7.32. The summed E-state index contributed by atoms with van der Waals surface area (Å²) in [5, 5.41) is 11.3. The normalized spacial score (nSPS) is 26.8. The summed E-state index contributed by atoms with van der Waals surface area (Å²) in [4.78, 5) is 6.97. The summed E-state index contributed by atoms with van der Waals surface area (Å²) in [6, 6.07) is 6.61. The van der Waals surface area contributed by atoms with Crippen molar-refractivity contribution in [2.45, 2.75) is 30.5 Å². The Bertz CT molecular complexity index is 729. The second-order valence-corrected chi connectivity index (χ2v) is 8.31. The molecule has 1 aliphatic heterocycles. The first kappa shape index (κ1) is 16.0. The molecule has 1 saturated heterocycles. The summed E-state index contributed by atoms with van der Waals surface area (Å²) in [6.45, 7) is 1.16. The molecule has 128 valence electrons. The molecule has 2 aliphatic rings. The third-order valence-corrected chi connectivity index (χ3v) is 6.95. The molecule has 1 fully saturated rings. The number of phenols is 1. The lowest BCUT2D eigenvalue weighted by atomic mass is 9.73. The first-order valence-electron chi connectivity index (χ1n) is 8.72. The third-order valence-electron chi connectivity index (χ3n) is 5.66. The van der Waals surface area contributed by atoms with Gasteiger partial charge in [-0.15, -0.1) is 0 Å². The third kappa shape index (κ3) is 2.95. The molecule has 0 amide bonds. The molecule has 1 N–H and O–H groups in total. The van der Waals surface area contributed by atoms with Crippen LogP contribution in [-0.4, -0.2) is 44.9 Å². The van der Waals surface area contributed by atoms with Gasteiger partial charge in [0.25, 0.3) is 0 Å². The maximum Gasteiger partial charge on any atom is 0.167 e. The predicted molar refractivity (Wildman–Crippen MR) is 97.5 cm³/mol. The first-order chi connectivity index (χ1) is 11.6. The monoisotopic (exact) mass is 343 g/mol. The Labute approximate surface area is 147 Å². The zero-order valence-electron chi connectivity index (χ0n) is 14.4. The molecule has 5 heteroatoms. The number of piperidine rings is 1. The van der Waals surface area contributed by atoms with E-state index in [4.69, 9.17) is 0 Å². The highest BCUT2D eigenvalue weighted by Gasteiger charge is 2.38. The number of likely N-dealkylation sites (tertiary alicyclic amines) is 1. The highest BCUT2D eigenvalue weighted by atomic mass is 32.2. The van der Waals surface area contributed by atoms with E-state index in [1.54, 1.807) is 0 Å². The summed E-state index contributed by atoms with van der Waals surface area (Å²) in [7, 11) is 4.32. The Morgan fingerprint density at radius 3 is 2.96 bits per heavy atom. The van der Waals surface area contributed by atoms with Gasteiger partial charge >= 0.3 is 0 Å². The van der Waals surface area contributed by atoms with E-state index < -0.39 is 0 Å². The van der Waals surface area contributed by atoms with Gasteiger partial charge in [0.1, 0.15) is 5.75 Å². The molecule has 4 rings (SSSR count). The predicted octanol–water partition coefficient (Wildman–Crippen LogP) is 2.95. The standard InChI is InChI=1S/C19H25N3OS/c1-21-7-6-20-19(21)24-12-13-8-15-9-16-14(4-3-5-18(16)23)10-17(15)22(2)11-13/h3-7,13,15,17,23H,8-12H2,1-2H3/t13-,15-,17-/m1/s1. The van der Waals surface area contributed by atoms with E-state index in [2.05, 4.69) is 34.6 Å². The van der Waals surface area contributed by atoms with E-state index in [0.717, 1.165) is 30.3 Å². The number of imidazole rings is 1. The van der Waals surface area contributed by atoms with Crippen LogP contribution in [0.5, 0.6) is 5.75 Å². The average molecular weight is 343 g/mol. The van der Waals surface area contributed by atoms with Gasteiger partial charge in [-0.25, -0.2) is 4.98 Å². The molecule has 2 heterocycles. The molecule has 2 aromatic rings. The van der Waals surface area contributed by atoms with Crippen molar-refractivity contribution in [3.8, 4) is 5.75 Å². The zero-order valence-corrected chi connectivity index (χ0v) is 15.2. The summed E-state index contributed by atoms with van der Waals surface area (Å²) < 4.78 is 2.09. The van der Waals surface area contributed by atoms with Gasteiger partial charge in [-0.3, -0.25) is 0 Å². The topological polar surface area (TPSA) is 41.3 Å². The fourth-order valence-electron chi connectivity index (χ4n) is 4.44. The van der Waals surface area contributed by atoms with Crippen LogP contribution < -0.4 is 0 Å². The molecule has 0 bridgehead atoms. The lowest BCUT2D eigenvalue weighted by Crippen LogP contribution is -2.50. The number of aryl methyl sites for hydroxylation is 1. The van der Waals surface area contributed by atoms with Crippen molar-refractivity contribution in [3.63, 3.8) is 0 Å². The zero-order chi connectivity index (χ0) is 16.7. The largest absolute Gasteiger partial charge is 0.508 e. The van der Waals surface area contributed by atoms with Crippen LogP contribution in [-0.2, 0) is 19.9 Å². The van der Waals surface area contributed by atoms with Crippen LogP contribution in [0, 0.1) is 11.8 Å². The van der Waals surface area contributed by atoms with Gasteiger partial charge in [0, 0.05) is 37.8 Å². The summed E-state index contributed by atoms with van der Waals surface area (Å²) in [5.74, 6) is 2.94.